The van der Waals surface area contributed by atoms with Gasteiger partial charge in [-0.25, -0.2) is 0 Å². The van der Waals surface area contributed by atoms with Crippen molar-refractivity contribution in [3.05, 3.63) is 0 Å². The molecule has 0 aromatic heterocycles. The first kappa shape index (κ1) is 11.4. The molecule has 2 fully saturated rings. The Morgan fingerprint density at radius 1 is 1.40 bits per heavy atom. The normalized spacial score (nSPS) is 30.8. The monoisotopic (exact) mass is 211 g/mol. The van der Waals surface area contributed by atoms with E-state index in [1.165, 1.54) is 45.3 Å². The van der Waals surface area contributed by atoms with E-state index in [1.54, 1.807) is 0 Å². The van der Waals surface area contributed by atoms with Crippen molar-refractivity contribution < 1.29 is 0 Å². The topological polar surface area (TPSA) is 32.5 Å². The van der Waals surface area contributed by atoms with Gasteiger partial charge < -0.3 is 15.5 Å². The van der Waals surface area contributed by atoms with Gasteiger partial charge in [-0.3, -0.25) is 0 Å². The third-order valence-electron chi connectivity index (χ3n) is 4.16. The van der Waals surface area contributed by atoms with E-state index in [-0.39, 0.29) is 0 Å². The maximum atomic E-state index is 5.84. The predicted octanol–water partition coefficient (Wildman–Crippen LogP) is 0.751. The van der Waals surface area contributed by atoms with Crippen molar-refractivity contribution in [1.82, 2.24) is 9.80 Å². The predicted molar refractivity (Wildman–Crippen MR) is 63.9 cm³/mol. The molecule has 0 radical (unpaired) electrons. The highest BCUT2D eigenvalue weighted by atomic mass is 15.2. The minimum atomic E-state index is 0.508. The molecule has 0 aromatic rings. The Labute approximate surface area is 93.6 Å². The number of nitrogens with two attached hydrogens (primary N) is 1. The minimum absolute atomic E-state index is 0.508. The van der Waals surface area contributed by atoms with Crippen LogP contribution in [0.1, 0.15) is 25.7 Å². The summed E-state index contributed by atoms with van der Waals surface area (Å²) in [5.74, 6) is 0. The van der Waals surface area contributed by atoms with Gasteiger partial charge >= 0.3 is 0 Å². The maximum absolute atomic E-state index is 5.84. The lowest BCUT2D eigenvalue weighted by Gasteiger charge is -2.37. The van der Waals surface area contributed by atoms with Crippen LogP contribution in [0.25, 0.3) is 0 Å². The van der Waals surface area contributed by atoms with Crippen LogP contribution >= 0.6 is 0 Å². The summed E-state index contributed by atoms with van der Waals surface area (Å²) in [5, 5.41) is 0. The summed E-state index contributed by atoms with van der Waals surface area (Å²) in [6.07, 6.45) is 5.42. The van der Waals surface area contributed by atoms with Crippen LogP contribution < -0.4 is 5.73 Å². The van der Waals surface area contributed by atoms with Crippen LogP contribution in [0.5, 0.6) is 0 Å². The Bertz CT molecular complexity index is 211. The van der Waals surface area contributed by atoms with Crippen LogP contribution in [0, 0.1) is 5.41 Å². The Morgan fingerprint density at radius 3 is 2.67 bits per heavy atom. The molecule has 3 heteroatoms. The van der Waals surface area contributed by atoms with E-state index in [9.17, 15) is 0 Å². The molecule has 1 saturated heterocycles. The fraction of sp³-hybridized carbons (Fsp3) is 1.00. The largest absolute Gasteiger partial charge is 0.330 e. The summed E-state index contributed by atoms with van der Waals surface area (Å²) < 4.78 is 0. The number of likely N-dealkylation sites (tertiary alicyclic amines) is 1. The molecule has 0 aromatic carbocycles. The molecule has 1 atom stereocenters. The van der Waals surface area contributed by atoms with Gasteiger partial charge in [0.2, 0.25) is 0 Å². The first-order valence-electron chi connectivity index (χ1n) is 6.24. The van der Waals surface area contributed by atoms with Gasteiger partial charge in [0.25, 0.3) is 0 Å². The fourth-order valence-corrected chi connectivity index (χ4v) is 2.67. The lowest BCUT2D eigenvalue weighted by molar-refractivity contribution is 0.115. The van der Waals surface area contributed by atoms with Gasteiger partial charge in [-0.15, -0.1) is 0 Å². The maximum Gasteiger partial charge on any atom is 0.0217 e. The number of hydrogen-bond donors (Lipinski definition) is 1. The third-order valence-corrected chi connectivity index (χ3v) is 4.16. The van der Waals surface area contributed by atoms with E-state index in [1.807, 2.05) is 0 Å². The fourth-order valence-electron chi connectivity index (χ4n) is 2.67. The second kappa shape index (κ2) is 4.40. The molecule has 2 rings (SSSR count). The molecule has 1 aliphatic heterocycles. The number of hydrogen-bond acceptors (Lipinski definition) is 3. The van der Waals surface area contributed by atoms with Gasteiger partial charge in [-0.2, -0.15) is 0 Å². The molecule has 1 heterocycles. The standard InChI is InChI=1S/C12H25N3/c1-14(2)11-4-3-7-15(8-11)10-12(9-13)5-6-12/h11H,3-10,13H2,1-2H3. The zero-order valence-electron chi connectivity index (χ0n) is 10.2. The van der Waals surface area contributed by atoms with E-state index in [4.69, 9.17) is 5.73 Å². The average Bonchev–Trinajstić information content (AvgIpc) is 2.99. The van der Waals surface area contributed by atoms with Gasteiger partial charge in [-0.05, 0) is 58.3 Å². The SMILES string of the molecule is CN(C)C1CCCN(CC2(CN)CC2)C1. The molecule has 1 saturated carbocycles. The zero-order chi connectivity index (χ0) is 10.9. The van der Waals surface area contributed by atoms with Crippen LogP contribution in [0.4, 0.5) is 0 Å². The van der Waals surface area contributed by atoms with Crippen molar-refractivity contribution >= 4 is 0 Å². The molecule has 15 heavy (non-hydrogen) atoms. The van der Waals surface area contributed by atoms with Crippen molar-refractivity contribution in [2.24, 2.45) is 11.1 Å². The van der Waals surface area contributed by atoms with Crippen molar-refractivity contribution in [3.63, 3.8) is 0 Å². The Kier molecular flexibility index (Phi) is 3.33. The number of rotatable bonds is 4. The summed E-state index contributed by atoms with van der Waals surface area (Å²) >= 11 is 0. The lowest BCUT2D eigenvalue weighted by Crippen LogP contribution is -2.47. The Morgan fingerprint density at radius 2 is 2.13 bits per heavy atom. The molecular weight excluding hydrogens is 186 g/mol. The summed E-state index contributed by atoms with van der Waals surface area (Å²) in [7, 11) is 4.40. The van der Waals surface area contributed by atoms with Crippen LogP contribution in [0.15, 0.2) is 0 Å². The number of piperidine rings is 1. The quantitative estimate of drug-likeness (QED) is 0.745. The summed E-state index contributed by atoms with van der Waals surface area (Å²) in [6.45, 7) is 4.66. The second-order valence-electron chi connectivity index (χ2n) is 5.70. The second-order valence-corrected chi connectivity index (χ2v) is 5.70. The summed E-state index contributed by atoms with van der Waals surface area (Å²) in [6, 6.07) is 0.757. The lowest BCUT2D eigenvalue weighted by atomic mass is 10.0. The highest BCUT2D eigenvalue weighted by Gasteiger charge is 2.43. The molecule has 3 nitrogen and oxygen atoms in total. The van der Waals surface area contributed by atoms with Crippen molar-refractivity contribution in [2.45, 2.75) is 31.7 Å². The van der Waals surface area contributed by atoms with E-state index < -0.39 is 0 Å². The van der Waals surface area contributed by atoms with E-state index in [2.05, 4.69) is 23.9 Å². The summed E-state index contributed by atoms with van der Waals surface area (Å²) in [4.78, 5) is 5.00. The van der Waals surface area contributed by atoms with Crippen molar-refractivity contribution in [1.29, 1.82) is 0 Å². The molecule has 1 aliphatic carbocycles. The Balaban J connectivity index is 1.82. The molecule has 2 aliphatic rings. The van der Waals surface area contributed by atoms with Gasteiger partial charge in [0.15, 0.2) is 0 Å². The average molecular weight is 211 g/mol. The van der Waals surface area contributed by atoms with E-state index in [0.717, 1.165) is 12.6 Å². The zero-order valence-corrected chi connectivity index (χ0v) is 10.2. The smallest absolute Gasteiger partial charge is 0.0217 e. The van der Waals surface area contributed by atoms with Crippen LogP contribution in [-0.4, -0.2) is 56.1 Å². The highest BCUT2D eigenvalue weighted by Crippen LogP contribution is 2.45. The first-order chi connectivity index (χ1) is 7.15. The number of likely N-dealkylation sites (N-methyl/N-ethyl adjacent to an activating group) is 1. The molecule has 88 valence electrons. The number of nitrogens with zero attached hydrogens (tertiary/aromatic N) is 2. The highest BCUT2D eigenvalue weighted by molar-refractivity contribution is 4.97. The van der Waals surface area contributed by atoms with Crippen LogP contribution in [0.2, 0.25) is 0 Å². The molecule has 0 bridgehead atoms. The molecular formula is C12H25N3. The van der Waals surface area contributed by atoms with Gasteiger partial charge in [0, 0.05) is 19.1 Å². The molecule has 2 N–H and O–H groups in total. The molecule has 1 unspecified atom stereocenters. The molecule has 0 spiro atoms. The Hall–Kier alpha value is -0.120. The van der Waals surface area contributed by atoms with E-state index in [0.29, 0.717) is 5.41 Å². The first-order valence-corrected chi connectivity index (χ1v) is 6.24. The van der Waals surface area contributed by atoms with Crippen LogP contribution in [0.3, 0.4) is 0 Å². The third kappa shape index (κ3) is 2.71. The van der Waals surface area contributed by atoms with Crippen LogP contribution in [-0.2, 0) is 0 Å². The van der Waals surface area contributed by atoms with Gasteiger partial charge in [0.1, 0.15) is 0 Å². The van der Waals surface area contributed by atoms with Gasteiger partial charge in [0.05, 0.1) is 0 Å². The minimum Gasteiger partial charge on any atom is -0.330 e. The molecule has 0 amide bonds. The van der Waals surface area contributed by atoms with Crippen molar-refractivity contribution in [3.8, 4) is 0 Å². The van der Waals surface area contributed by atoms with E-state index >= 15 is 0 Å². The summed E-state index contributed by atoms with van der Waals surface area (Å²) in [5.41, 5.74) is 6.35. The van der Waals surface area contributed by atoms with Crippen molar-refractivity contribution in [2.75, 3.05) is 40.3 Å². The van der Waals surface area contributed by atoms with Gasteiger partial charge in [-0.1, -0.05) is 0 Å².